The fourth-order valence-electron chi connectivity index (χ4n) is 10.4. The molecule has 4 rings (SSSR count). The number of aliphatic hydroxyl groups is 5. The average molecular weight is 966 g/mol. The molecule has 0 unspecified atom stereocenters. The second-order valence-electron chi connectivity index (χ2n) is 20.6. The number of cyclic esters (lactones) is 2. The molecule has 14 atom stereocenters. The van der Waals surface area contributed by atoms with Gasteiger partial charge in [0.2, 0.25) is 0 Å². The van der Waals surface area contributed by atoms with Crippen LogP contribution in [0.2, 0.25) is 0 Å². The molecule has 18 nitrogen and oxygen atoms in total. The molecular weight excluding hydrogens is 883 g/mol. The number of carbonyl (C=O) groups is 3. The average Bonchev–Trinajstić information content (AvgIpc) is 3.66. The molecule has 18 heteroatoms. The zero-order valence-electron chi connectivity index (χ0n) is 43.0. The third-order valence-corrected chi connectivity index (χ3v) is 14.7. The van der Waals surface area contributed by atoms with Crippen LogP contribution in [0.25, 0.3) is 0 Å². The molecule has 0 spiro atoms. The topological polar surface area (TPSA) is 238 Å². The SMILES string of the molecule is COc1c(C)c2c(c(O)c1C/C=C(\C)CCCC(=O)OCCN(C)[C@H]1C[C@@H](C)O[C@H](O[C@@H]3[C@@H](C)[C@H](O)[C@@H](C)C(=O)O[C@H](CO)[C@@](C)(O)[C@H](O)[C@@H](C)N(C)C[C@H](C)C[C@@]3(C)O)[C@@H]1N(C)C)C(=O)OC2. The Morgan fingerprint density at radius 3 is 2.32 bits per heavy atom. The number of esters is 3. The van der Waals surface area contributed by atoms with Crippen molar-refractivity contribution < 1.29 is 73.4 Å². The molecule has 3 aliphatic rings. The van der Waals surface area contributed by atoms with Crippen LogP contribution in [-0.2, 0) is 46.3 Å². The van der Waals surface area contributed by atoms with Gasteiger partial charge in [0, 0.05) is 48.6 Å². The maximum absolute atomic E-state index is 13.6. The van der Waals surface area contributed by atoms with Gasteiger partial charge in [-0.25, -0.2) is 4.79 Å². The van der Waals surface area contributed by atoms with Gasteiger partial charge in [0.1, 0.15) is 42.0 Å². The van der Waals surface area contributed by atoms with E-state index in [2.05, 4.69) is 4.90 Å². The summed E-state index contributed by atoms with van der Waals surface area (Å²) in [5, 5.41) is 68.1. The lowest BCUT2D eigenvalue weighted by Crippen LogP contribution is -2.63. The number of methoxy groups -OCH3 is 1. The van der Waals surface area contributed by atoms with Crippen LogP contribution in [-0.4, -0.2) is 191 Å². The summed E-state index contributed by atoms with van der Waals surface area (Å²) < 4.78 is 35.5. The molecule has 0 aliphatic carbocycles. The van der Waals surface area contributed by atoms with Crippen LogP contribution in [0.1, 0.15) is 115 Å². The van der Waals surface area contributed by atoms with Crippen LogP contribution in [0.15, 0.2) is 11.6 Å². The van der Waals surface area contributed by atoms with E-state index in [0.29, 0.717) is 55.6 Å². The summed E-state index contributed by atoms with van der Waals surface area (Å²) in [4.78, 5) is 44.8. The highest BCUT2D eigenvalue weighted by Crippen LogP contribution is 2.42. The van der Waals surface area contributed by atoms with Gasteiger partial charge in [-0.2, -0.15) is 0 Å². The summed E-state index contributed by atoms with van der Waals surface area (Å²) in [6.45, 7) is 15.8. The van der Waals surface area contributed by atoms with Crippen molar-refractivity contribution in [2.75, 3.05) is 61.6 Å². The number of phenols is 1. The molecule has 0 saturated carbocycles. The molecule has 6 N–H and O–H groups in total. The molecule has 1 aromatic carbocycles. The summed E-state index contributed by atoms with van der Waals surface area (Å²) in [7, 11) is 9.07. The van der Waals surface area contributed by atoms with Crippen molar-refractivity contribution in [2.45, 2.75) is 174 Å². The minimum Gasteiger partial charge on any atom is -0.507 e. The van der Waals surface area contributed by atoms with Crippen molar-refractivity contribution in [3.8, 4) is 11.5 Å². The number of hydrogen-bond acceptors (Lipinski definition) is 18. The monoisotopic (exact) mass is 966 g/mol. The number of hydrogen-bond donors (Lipinski definition) is 6. The molecule has 3 aliphatic heterocycles. The number of aliphatic hydroxyl groups excluding tert-OH is 3. The highest BCUT2D eigenvalue weighted by Gasteiger charge is 2.51. The molecule has 2 saturated heterocycles. The molecule has 2 fully saturated rings. The van der Waals surface area contributed by atoms with Gasteiger partial charge in [-0.1, -0.05) is 25.5 Å². The Labute approximate surface area is 403 Å². The quantitative estimate of drug-likeness (QED) is 0.0842. The van der Waals surface area contributed by atoms with Gasteiger partial charge < -0.3 is 68.9 Å². The van der Waals surface area contributed by atoms with Crippen molar-refractivity contribution in [3.63, 3.8) is 0 Å². The fraction of sp³-hybridized carbons (Fsp3) is 0.780. The number of benzene rings is 1. The van der Waals surface area contributed by atoms with Crippen molar-refractivity contribution in [1.29, 1.82) is 0 Å². The van der Waals surface area contributed by atoms with E-state index in [1.165, 1.54) is 21.0 Å². The van der Waals surface area contributed by atoms with Crippen molar-refractivity contribution >= 4 is 17.9 Å². The zero-order valence-corrected chi connectivity index (χ0v) is 43.0. The lowest BCUT2D eigenvalue weighted by atomic mass is 9.78. The van der Waals surface area contributed by atoms with E-state index < -0.39 is 84.4 Å². The van der Waals surface area contributed by atoms with E-state index in [9.17, 15) is 45.0 Å². The van der Waals surface area contributed by atoms with Gasteiger partial charge in [-0.15, -0.1) is 0 Å². The zero-order chi connectivity index (χ0) is 51.2. The van der Waals surface area contributed by atoms with Gasteiger partial charge >= 0.3 is 17.9 Å². The van der Waals surface area contributed by atoms with Gasteiger partial charge in [-0.05, 0) is 120 Å². The summed E-state index contributed by atoms with van der Waals surface area (Å²) in [6, 6.07) is -1.20. The first-order valence-electron chi connectivity index (χ1n) is 24.1. The third-order valence-electron chi connectivity index (χ3n) is 14.7. The highest BCUT2D eigenvalue weighted by atomic mass is 16.7. The van der Waals surface area contributed by atoms with Crippen LogP contribution in [0.5, 0.6) is 11.5 Å². The number of rotatable bonds is 15. The van der Waals surface area contributed by atoms with Crippen LogP contribution in [0.3, 0.4) is 0 Å². The van der Waals surface area contributed by atoms with E-state index in [4.69, 9.17) is 28.4 Å². The Balaban J connectivity index is 1.44. The van der Waals surface area contributed by atoms with Crippen LogP contribution in [0, 0.1) is 24.7 Å². The molecule has 0 radical (unpaired) electrons. The smallest absolute Gasteiger partial charge is 0.342 e. The largest absolute Gasteiger partial charge is 0.507 e. The number of ether oxygens (including phenoxy) is 6. The van der Waals surface area contributed by atoms with E-state index in [1.54, 1.807) is 27.8 Å². The normalized spacial score (nSPS) is 34.8. The summed E-state index contributed by atoms with van der Waals surface area (Å²) in [5.41, 5.74) is -0.527. The lowest BCUT2D eigenvalue weighted by Gasteiger charge is -2.50. The number of fused-ring (bicyclic) bond motifs is 1. The Kier molecular flexibility index (Phi) is 20.3. The Morgan fingerprint density at radius 2 is 1.71 bits per heavy atom. The molecule has 0 amide bonds. The number of aromatic hydroxyl groups is 1. The number of phenolic OH excluding ortho intramolecular Hbond substituents is 1. The predicted molar refractivity (Wildman–Crippen MR) is 253 cm³/mol. The summed E-state index contributed by atoms with van der Waals surface area (Å²) in [5.74, 6) is -3.64. The first kappa shape index (κ1) is 57.2. The lowest BCUT2D eigenvalue weighted by molar-refractivity contribution is -0.287. The maximum Gasteiger partial charge on any atom is 0.342 e. The highest BCUT2D eigenvalue weighted by molar-refractivity contribution is 5.98. The van der Waals surface area contributed by atoms with E-state index in [1.807, 2.05) is 64.7 Å². The third kappa shape index (κ3) is 13.3. The van der Waals surface area contributed by atoms with Crippen molar-refractivity contribution in [2.24, 2.45) is 17.8 Å². The molecule has 0 aromatic heterocycles. The Bertz CT molecular complexity index is 1910. The molecular formula is C50H83N3O15. The first-order chi connectivity index (χ1) is 31.7. The van der Waals surface area contributed by atoms with Crippen LogP contribution in [0.4, 0.5) is 0 Å². The van der Waals surface area contributed by atoms with Gasteiger partial charge in [-0.3, -0.25) is 14.5 Å². The standard InChI is InChI=1S/C50H83N3O15/c1-27(18-19-34-42(57)39-35(26-65-47(39)60)30(4)43(34)63-14)16-15-17-38(55)64-21-20-52(12)36-22-29(3)66-48(40(36)51(10)11)68-45-31(5)41(56)32(6)46(59)67-37(25-54)50(9,62)44(58)33(7)53(13)24-28(2)23-49(45,8)61/h18,28-29,31-33,36-37,40-41,44-45,48,54,56-58,61-62H,15-17,19-26H2,1-14H3/b27-18+/t28-,29-,31+,32-,33-,36+,37-,40-,41+,44-,45-,48-,49-,50-/m1/s1. The summed E-state index contributed by atoms with van der Waals surface area (Å²) in [6.07, 6.45) is -2.15. The molecule has 388 valence electrons. The number of nitrogens with zero attached hydrogens (tertiary/aromatic N) is 3. The fourth-order valence-corrected chi connectivity index (χ4v) is 10.4. The Morgan fingerprint density at radius 1 is 1.04 bits per heavy atom. The maximum atomic E-state index is 13.6. The minimum atomic E-state index is -2.04. The van der Waals surface area contributed by atoms with Gasteiger partial charge in [0.25, 0.3) is 0 Å². The second kappa shape index (κ2) is 24.1. The van der Waals surface area contributed by atoms with Gasteiger partial charge in [0.05, 0.1) is 49.6 Å². The minimum absolute atomic E-state index is 0.0983. The van der Waals surface area contributed by atoms with Crippen LogP contribution >= 0.6 is 0 Å². The first-order valence-corrected chi connectivity index (χ1v) is 24.1. The predicted octanol–water partition coefficient (Wildman–Crippen LogP) is 3.09. The van der Waals surface area contributed by atoms with Crippen molar-refractivity contribution in [3.05, 3.63) is 33.9 Å². The van der Waals surface area contributed by atoms with E-state index in [0.717, 1.165) is 11.1 Å². The number of likely N-dealkylation sites (N-methyl/N-ethyl adjacent to an activating group) is 3. The number of allylic oxidation sites excluding steroid dienone is 2. The van der Waals surface area contributed by atoms with Crippen molar-refractivity contribution in [1.82, 2.24) is 14.7 Å². The number of carbonyl (C=O) groups excluding carboxylic acids is 3. The van der Waals surface area contributed by atoms with E-state index in [-0.39, 0.29) is 61.4 Å². The summed E-state index contributed by atoms with van der Waals surface area (Å²) >= 11 is 0. The van der Waals surface area contributed by atoms with Crippen LogP contribution < -0.4 is 4.74 Å². The van der Waals surface area contributed by atoms with E-state index >= 15 is 0 Å². The Hall–Kier alpha value is -3.43. The van der Waals surface area contributed by atoms with Gasteiger partial charge in [0.15, 0.2) is 12.4 Å². The molecule has 0 bridgehead atoms. The molecule has 3 heterocycles. The second-order valence-corrected chi connectivity index (χ2v) is 20.6. The molecule has 68 heavy (non-hydrogen) atoms. The molecule has 1 aromatic rings.